The molecule has 140 valence electrons. The van der Waals surface area contributed by atoms with Gasteiger partial charge in [-0.15, -0.1) is 0 Å². The van der Waals surface area contributed by atoms with Crippen LogP contribution in [0.1, 0.15) is 17.3 Å². The lowest BCUT2D eigenvalue weighted by Gasteiger charge is -2.12. The highest BCUT2D eigenvalue weighted by molar-refractivity contribution is 6.32. The van der Waals surface area contributed by atoms with E-state index in [1.807, 2.05) is 19.1 Å². The maximum Gasteiger partial charge on any atom is 0.338 e. The number of halogens is 1. The van der Waals surface area contributed by atoms with Gasteiger partial charge in [0.1, 0.15) is 24.7 Å². The predicted molar refractivity (Wildman–Crippen MR) is 97.9 cm³/mol. The molecule has 0 saturated heterocycles. The Hall–Kier alpha value is -2.60. The van der Waals surface area contributed by atoms with Crippen molar-refractivity contribution in [3.05, 3.63) is 47.0 Å². The molecule has 2 aromatic rings. The van der Waals surface area contributed by atoms with Crippen LogP contribution in [-0.4, -0.2) is 40.0 Å². The Kier molecular flexibility index (Phi) is 7.41. The summed E-state index contributed by atoms with van der Waals surface area (Å²) >= 11 is 6.09. The Morgan fingerprint density at radius 2 is 1.62 bits per heavy atom. The molecule has 0 saturated carbocycles. The van der Waals surface area contributed by atoms with E-state index in [0.717, 1.165) is 5.75 Å². The highest BCUT2D eigenvalue weighted by Crippen LogP contribution is 2.36. The Morgan fingerprint density at radius 3 is 2.19 bits per heavy atom. The second kappa shape index (κ2) is 9.77. The van der Waals surface area contributed by atoms with Gasteiger partial charge in [-0.1, -0.05) is 11.6 Å². The molecule has 0 N–H and O–H groups in total. The number of ether oxygens (including phenoxy) is 5. The number of rotatable bonds is 9. The molecule has 0 aliphatic heterocycles. The van der Waals surface area contributed by atoms with Gasteiger partial charge < -0.3 is 23.7 Å². The summed E-state index contributed by atoms with van der Waals surface area (Å²) in [6.45, 7) is 2.85. The van der Waals surface area contributed by atoms with Crippen LogP contribution in [0.5, 0.6) is 23.0 Å². The molecule has 0 fully saturated rings. The molecule has 0 radical (unpaired) electrons. The average Bonchev–Trinajstić information content (AvgIpc) is 2.65. The van der Waals surface area contributed by atoms with Gasteiger partial charge in [-0.2, -0.15) is 0 Å². The van der Waals surface area contributed by atoms with Gasteiger partial charge in [0.15, 0.2) is 11.5 Å². The van der Waals surface area contributed by atoms with Gasteiger partial charge >= 0.3 is 5.97 Å². The van der Waals surface area contributed by atoms with Crippen LogP contribution in [0.15, 0.2) is 36.4 Å². The standard InChI is InChI=1S/C19H21ClO6/c1-4-24-14-5-7-15(8-6-14)25-9-10-26-19(21)13-11-16(20)18(23-3)17(12-13)22-2/h5-8,11-12H,4,9-10H2,1-3H3. The van der Waals surface area contributed by atoms with Gasteiger partial charge in [0.2, 0.25) is 0 Å². The van der Waals surface area contributed by atoms with Crippen LogP contribution in [0.3, 0.4) is 0 Å². The second-order valence-electron chi connectivity index (χ2n) is 5.08. The molecule has 0 spiro atoms. The number of esters is 1. The summed E-state index contributed by atoms with van der Waals surface area (Å²) in [6, 6.07) is 10.2. The molecule has 2 rings (SSSR count). The van der Waals surface area contributed by atoms with Gasteiger partial charge in [-0.3, -0.25) is 0 Å². The molecule has 6 nitrogen and oxygen atoms in total. The Labute approximate surface area is 157 Å². The van der Waals surface area contributed by atoms with Crippen molar-refractivity contribution in [1.82, 2.24) is 0 Å². The van der Waals surface area contributed by atoms with E-state index in [2.05, 4.69) is 0 Å². The fourth-order valence-corrected chi connectivity index (χ4v) is 2.50. The van der Waals surface area contributed by atoms with Crippen LogP contribution in [0.25, 0.3) is 0 Å². The van der Waals surface area contributed by atoms with E-state index >= 15 is 0 Å². The van der Waals surface area contributed by atoms with Crippen molar-refractivity contribution >= 4 is 17.6 Å². The lowest BCUT2D eigenvalue weighted by molar-refractivity contribution is 0.0450. The third-order valence-electron chi connectivity index (χ3n) is 3.39. The van der Waals surface area contributed by atoms with Crippen molar-refractivity contribution < 1.29 is 28.5 Å². The molecule has 0 heterocycles. The highest BCUT2D eigenvalue weighted by atomic mass is 35.5. The van der Waals surface area contributed by atoms with E-state index in [1.165, 1.54) is 26.4 Å². The minimum Gasteiger partial charge on any atom is -0.494 e. The summed E-state index contributed by atoms with van der Waals surface area (Å²) < 4.78 is 26.4. The molecule has 0 aromatic heterocycles. The largest absolute Gasteiger partial charge is 0.494 e. The first-order chi connectivity index (χ1) is 12.6. The zero-order chi connectivity index (χ0) is 18.9. The topological polar surface area (TPSA) is 63.2 Å². The number of benzene rings is 2. The molecule has 0 amide bonds. The summed E-state index contributed by atoms with van der Waals surface area (Å²) in [6.07, 6.45) is 0. The third-order valence-corrected chi connectivity index (χ3v) is 3.67. The SMILES string of the molecule is CCOc1ccc(OCCOC(=O)c2cc(Cl)c(OC)c(OC)c2)cc1. The molecule has 0 bridgehead atoms. The van der Waals surface area contributed by atoms with Crippen LogP contribution >= 0.6 is 11.6 Å². The molecule has 0 unspecified atom stereocenters. The maximum absolute atomic E-state index is 12.1. The lowest BCUT2D eigenvalue weighted by Crippen LogP contribution is -2.12. The molecule has 0 atom stereocenters. The summed E-state index contributed by atoms with van der Waals surface area (Å²) in [5.41, 5.74) is 0.272. The van der Waals surface area contributed by atoms with Crippen molar-refractivity contribution in [2.75, 3.05) is 34.0 Å². The fourth-order valence-electron chi connectivity index (χ4n) is 2.21. The molecule has 0 aliphatic carbocycles. The maximum atomic E-state index is 12.1. The van der Waals surface area contributed by atoms with Crippen LogP contribution < -0.4 is 18.9 Å². The number of methoxy groups -OCH3 is 2. The van der Waals surface area contributed by atoms with Gasteiger partial charge in [-0.05, 0) is 43.3 Å². The van der Waals surface area contributed by atoms with Gasteiger partial charge in [-0.25, -0.2) is 4.79 Å². The Bertz CT molecular complexity index is 730. The van der Waals surface area contributed by atoms with Crippen molar-refractivity contribution in [1.29, 1.82) is 0 Å². The van der Waals surface area contributed by atoms with Crippen LogP contribution in [0, 0.1) is 0 Å². The van der Waals surface area contributed by atoms with E-state index in [9.17, 15) is 4.79 Å². The monoisotopic (exact) mass is 380 g/mol. The van der Waals surface area contributed by atoms with E-state index in [1.54, 1.807) is 12.1 Å². The molecular weight excluding hydrogens is 360 g/mol. The van der Waals surface area contributed by atoms with Gasteiger partial charge in [0.05, 0.1) is 31.4 Å². The van der Waals surface area contributed by atoms with Crippen LogP contribution in [-0.2, 0) is 4.74 Å². The quantitative estimate of drug-likeness (QED) is 0.484. The summed E-state index contributed by atoms with van der Waals surface area (Å²) in [7, 11) is 2.94. The van der Waals surface area contributed by atoms with E-state index in [-0.39, 0.29) is 23.8 Å². The smallest absolute Gasteiger partial charge is 0.338 e. The number of hydrogen-bond acceptors (Lipinski definition) is 6. The van der Waals surface area contributed by atoms with Crippen molar-refractivity contribution in [3.63, 3.8) is 0 Å². The van der Waals surface area contributed by atoms with E-state index in [0.29, 0.717) is 23.9 Å². The minimum absolute atomic E-state index is 0.0952. The molecule has 0 aliphatic rings. The number of hydrogen-bond donors (Lipinski definition) is 0. The summed E-state index contributed by atoms with van der Waals surface area (Å²) in [5.74, 6) is 1.64. The zero-order valence-electron chi connectivity index (χ0n) is 14.9. The van der Waals surface area contributed by atoms with E-state index in [4.69, 9.17) is 35.3 Å². The highest BCUT2D eigenvalue weighted by Gasteiger charge is 2.16. The van der Waals surface area contributed by atoms with Gasteiger partial charge in [0, 0.05) is 0 Å². The number of carbonyl (C=O) groups is 1. The Morgan fingerprint density at radius 1 is 0.962 bits per heavy atom. The summed E-state index contributed by atoms with van der Waals surface area (Å²) in [4.78, 5) is 12.1. The molecule has 26 heavy (non-hydrogen) atoms. The first-order valence-electron chi connectivity index (χ1n) is 8.03. The molecule has 2 aromatic carbocycles. The Balaban J connectivity index is 1.86. The second-order valence-corrected chi connectivity index (χ2v) is 5.49. The first kappa shape index (κ1) is 19.7. The summed E-state index contributed by atoms with van der Waals surface area (Å²) in [5, 5.41) is 0.268. The fraction of sp³-hybridized carbons (Fsp3) is 0.316. The molecule has 7 heteroatoms. The lowest BCUT2D eigenvalue weighted by atomic mass is 10.2. The number of carbonyl (C=O) groups excluding carboxylic acids is 1. The normalized spacial score (nSPS) is 10.2. The molecular formula is C19H21ClO6. The third kappa shape index (κ3) is 5.20. The predicted octanol–water partition coefficient (Wildman–Crippen LogP) is 3.99. The van der Waals surface area contributed by atoms with Gasteiger partial charge in [0.25, 0.3) is 0 Å². The van der Waals surface area contributed by atoms with Crippen LogP contribution in [0.2, 0.25) is 5.02 Å². The van der Waals surface area contributed by atoms with Crippen molar-refractivity contribution in [3.8, 4) is 23.0 Å². The van der Waals surface area contributed by atoms with Crippen molar-refractivity contribution in [2.24, 2.45) is 0 Å². The zero-order valence-corrected chi connectivity index (χ0v) is 15.7. The van der Waals surface area contributed by atoms with Crippen molar-refractivity contribution in [2.45, 2.75) is 6.92 Å². The first-order valence-corrected chi connectivity index (χ1v) is 8.41. The average molecular weight is 381 g/mol. The minimum atomic E-state index is -0.525. The van der Waals surface area contributed by atoms with Crippen LogP contribution in [0.4, 0.5) is 0 Å². The van der Waals surface area contributed by atoms with E-state index < -0.39 is 5.97 Å².